The van der Waals surface area contributed by atoms with E-state index in [0.717, 1.165) is 10.0 Å². The second kappa shape index (κ2) is 7.43. The van der Waals surface area contributed by atoms with Crippen molar-refractivity contribution in [3.05, 3.63) is 33.8 Å². The summed E-state index contributed by atoms with van der Waals surface area (Å²) < 4.78 is 0.762. The highest BCUT2D eigenvalue weighted by Gasteiger charge is 2.09. The van der Waals surface area contributed by atoms with Crippen LogP contribution in [0.4, 0.5) is 0 Å². The molecule has 1 aromatic rings. The highest BCUT2D eigenvalue weighted by atomic mass is 79.9. The third kappa shape index (κ3) is 5.10. The van der Waals surface area contributed by atoms with Crippen LogP contribution in [0.2, 0.25) is 0 Å². The van der Waals surface area contributed by atoms with Crippen LogP contribution >= 0.6 is 27.7 Å². The fourth-order valence-corrected chi connectivity index (χ4v) is 2.53. The van der Waals surface area contributed by atoms with Gasteiger partial charge in [-0.05, 0) is 40.5 Å². The molecule has 0 fully saturated rings. The first kappa shape index (κ1) is 15.0. The molecule has 0 aliphatic rings. The van der Waals surface area contributed by atoms with Crippen molar-refractivity contribution in [1.82, 2.24) is 5.32 Å². The zero-order valence-electron chi connectivity index (χ0n) is 9.90. The van der Waals surface area contributed by atoms with Gasteiger partial charge in [0.15, 0.2) is 0 Å². The van der Waals surface area contributed by atoms with Crippen molar-refractivity contribution in [3.63, 3.8) is 0 Å². The maximum atomic E-state index is 11.8. The van der Waals surface area contributed by atoms with Gasteiger partial charge in [0, 0.05) is 16.8 Å². The third-order valence-electron chi connectivity index (χ3n) is 2.13. The molecule has 0 aromatic heterocycles. The minimum absolute atomic E-state index is 0.0596. The molecule has 0 unspecified atom stereocenters. The van der Waals surface area contributed by atoms with E-state index < -0.39 is 5.97 Å². The number of nitrogens with one attached hydrogen (secondary N) is 1. The number of benzene rings is 1. The van der Waals surface area contributed by atoms with Crippen LogP contribution in [0.3, 0.4) is 0 Å². The molecule has 2 N–H and O–H groups in total. The normalized spacial score (nSPS) is 10.1. The summed E-state index contributed by atoms with van der Waals surface area (Å²) in [6.45, 7) is 2.41. The van der Waals surface area contributed by atoms with Gasteiger partial charge in [0.05, 0.1) is 11.3 Å². The fraction of sp³-hybridized carbons (Fsp3) is 0.333. The highest BCUT2D eigenvalue weighted by Crippen LogP contribution is 2.18. The number of rotatable bonds is 6. The molecule has 0 bridgehead atoms. The van der Waals surface area contributed by atoms with E-state index in [1.165, 1.54) is 11.8 Å². The quantitative estimate of drug-likeness (QED) is 0.785. The van der Waals surface area contributed by atoms with E-state index >= 15 is 0 Å². The maximum absolute atomic E-state index is 11.8. The Labute approximate surface area is 118 Å². The molecule has 6 heteroatoms. The highest BCUT2D eigenvalue weighted by molar-refractivity contribution is 9.10. The van der Waals surface area contributed by atoms with Crippen LogP contribution in [-0.2, 0) is 4.79 Å². The van der Waals surface area contributed by atoms with Gasteiger partial charge in [0.25, 0.3) is 5.91 Å². The summed E-state index contributed by atoms with van der Waals surface area (Å²) >= 11 is 4.62. The molecule has 1 amide bonds. The Balaban J connectivity index is 2.39. The van der Waals surface area contributed by atoms with Crippen LogP contribution in [0.25, 0.3) is 0 Å². The Hall–Kier alpha value is -1.01. The Morgan fingerprint density at radius 3 is 2.78 bits per heavy atom. The predicted octanol–water partition coefficient (Wildman–Crippen LogP) is 2.31. The number of hydrogen-bond acceptors (Lipinski definition) is 3. The second-order valence-electron chi connectivity index (χ2n) is 3.69. The summed E-state index contributed by atoms with van der Waals surface area (Å²) in [5, 5.41) is 11.2. The van der Waals surface area contributed by atoms with Gasteiger partial charge in [-0.15, -0.1) is 11.8 Å². The number of thioether (sulfide) groups is 1. The van der Waals surface area contributed by atoms with E-state index in [0.29, 0.717) is 17.9 Å². The lowest BCUT2D eigenvalue weighted by Gasteiger charge is -2.07. The first-order valence-corrected chi connectivity index (χ1v) is 7.29. The molecular weight excluding hydrogens is 318 g/mol. The molecule has 0 saturated carbocycles. The fourth-order valence-electron chi connectivity index (χ4n) is 1.30. The minimum Gasteiger partial charge on any atom is -0.481 e. The average Bonchev–Trinajstić information content (AvgIpc) is 2.27. The summed E-state index contributed by atoms with van der Waals surface area (Å²) in [4.78, 5) is 22.1. The SMILES string of the molecule is Cc1ccc(C(=O)NCCSCC(=O)O)c(Br)c1. The molecule has 1 rings (SSSR count). The van der Waals surface area contributed by atoms with Crippen molar-refractivity contribution < 1.29 is 14.7 Å². The van der Waals surface area contributed by atoms with Crippen molar-refractivity contribution in [2.24, 2.45) is 0 Å². The lowest BCUT2D eigenvalue weighted by molar-refractivity contribution is -0.133. The smallest absolute Gasteiger partial charge is 0.313 e. The molecule has 0 atom stereocenters. The summed E-state index contributed by atoms with van der Waals surface area (Å²) in [5.41, 5.74) is 1.67. The molecule has 0 aliphatic carbocycles. The number of carbonyl (C=O) groups excluding carboxylic acids is 1. The molecule has 0 spiro atoms. The van der Waals surface area contributed by atoms with Crippen molar-refractivity contribution in [1.29, 1.82) is 0 Å². The van der Waals surface area contributed by atoms with Crippen molar-refractivity contribution in [2.45, 2.75) is 6.92 Å². The van der Waals surface area contributed by atoms with Gasteiger partial charge >= 0.3 is 5.97 Å². The number of hydrogen-bond donors (Lipinski definition) is 2. The molecule has 4 nitrogen and oxygen atoms in total. The van der Waals surface area contributed by atoms with Gasteiger partial charge < -0.3 is 10.4 Å². The van der Waals surface area contributed by atoms with Gasteiger partial charge in [-0.2, -0.15) is 0 Å². The number of halogens is 1. The standard InChI is InChI=1S/C12H14BrNO3S/c1-8-2-3-9(10(13)6-8)12(17)14-4-5-18-7-11(15)16/h2-3,6H,4-5,7H2,1H3,(H,14,17)(H,15,16). The molecule has 98 valence electrons. The lowest BCUT2D eigenvalue weighted by Crippen LogP contribution is -2.26. The van der Waals surface area contributed by atoms with Crippen molar-refractivity contribution in [2.75, 3.05) is 18.1 Å². The van der Waals surface area contributed by atoms with Crippen LogP contribution in [0, 0.1) is 6.92 Å². The average molecular weight is 332 g/mol. The Kier molecular flexibility index (Phi) is 6.21. The van der Waals surface area contributed by atoms with Gasteiger partial charge in [-0.3, -0.25) is 9.59 Å². The van der Waals surface area contributed by atoms with Gasteiger partial charge in [0.2, 0.25) is 0 Å². The molecule has 0 saturated heterocycles. The molecule has 0 aliphatic heterocycles. The maximum Gasteiger partial charge on any atom is 0.313 e. The number of aryl methyl sites for hydroxylation is 1. The molecular formula is C12H14BrNO3S. The van der Waals surface area contributed by atoms with Gasteiger partial charge in [0.1, 0.15) is 0 Å². The Bertz CT molecular complexity index is 451. The van der Waals surface area contributed by atoms with E-state index in [2.05, 4.69) is 21.2 Å². The van der Waals surface area contributed by atoms with Crippen LogP contribution in [0.15, 0.2) is 22.7 Å². The number of carboxylic acids is 1. The second-order valence-corrected chi connectivity index (χ2v) is 5.65. The van der Waals surface area contributed by atoms with E-state index in [4.69, 9.17) is 5.11 Å². The van der Waals surface area contributed by atoms with E-state index in [1.54, 1.807) is 6.07 Å². The summed E-state index contributed by atoms with van der Waals surface area (Å²) in [6, 6.07) is 5.52. The van der Waals surface area contributed by atoms with Crippen molar-refractivity contribution in [3.8, 4) is 0 Å². The number of aliphatic carboxylic acids is 1. The van der Waals surface area contributed by atoms with Crippen molar-refractivity contribution >= 4 is 39.6 Å². The number of carboxylic acid groups (broad SMARTS) is 1. The zero-order chi connectivity index (χ0) is 13.5. The van der Waals surface area contributed by atoms with Crippen LogP contribution in [0.1, 0.15) is 15.9 Å². The topological polar surface area (TPSA) is 66.4 Å². The predicted molar refractivity (Wildman–Crippen MR) is 76.2 cm³/mol. The lowest BCUT2D eigenvalue weighted by atomic mass is 10.1. The van der Waals surface area contributed by atoms with Gasteiger partial charge in [-0.1, -0.05) is 6.07 Å². The minimum atomic E-state index is -0.840. The number of amides is 1. The monoisotopic (exact) mass is 331 g/mol. The molecule has 0 heterocycles. The third-order valence-corrected chi connectivity index (χ3v) is 3.73. The van der Waals surface area contributed by atoms with Crippen LogP contribution in [-0.4, -0.2) is 35.0 Å². The van der Waals surface area contributed by atoms with Crippen LogP contribution < -0.4 is 5.32 Å². The van der Waals surface area contributed by atoms with E-state index in [9.17, 15) is 9.59 Å². The first-order chi connectivity index (χ1) is 8.50. The Morgan fingerprint density at radius 2 is 2.17 bits per heavy atom. The summed E-state index contributed by atoms with van der Waals surface area (Å²) in [6.07, 6.45) is 0. The Morgan fingerprint density at radius 1 is 1.44 bits per heavy atom. The van der Waals surface area contributed by atoms with Gasteiger partial charge in [-0.25, -0.2) is 0 Å². The molecule has 1 aromatic carbocycles. The van der Waals surface area contributed by atoms with E-state index in [-0.39, 0.29) is 11.7 Å². The summed E-state index contributed by atoms with van der Waals surface area (Å²) in [7, 11) is 0. The van der Waals surface area contributed by atoms with Crippen LogP contribution in [0.5, 0.6) is 0 Å². The molecule has 0 radical (unpaired) electrons. The summed E-state index contributed by atoms with van der Waals surface area (Å²) in [5.74, 6) is -0.351. The molecule has 18 heavy (non-hydrogen) atoms. The largest absolute Gasteiger partial charge is 0.481 e. The van der Waals surface area contributed by atoms with E-state index in [1.807, 2.05) is 19.1 Å². The first-order valence-electron chi connectivity index (χ1n) is 5.34. The number of carbonyl (C=O) groups is 2. The zero-order valence-corrected chi connectivity index (χ0v) is 12.3.